The summed E-state index contributed by atoms with van der Waals surface area (Å²) in [5.74, 6) is -0.481. The Morgan fingerprint density at radius 3 is 2.24 bits per heavy atom. The molecular weight excluding hydrogens is 342 g/mol. The van der Waals surface area contributed by atoms with Crippen molar-refractivity contribution in [3.05, 3.63) is 35.4 Å². The first kappa shape index (κ1) is 21.1. The Bertz CT molecular complexity index is 601. The number of benzene rings is 1. The van der Waals surface area contributed by atoms with Crippen molar-refractivity contribution in [1.82, 2.24) is 10.2 Å². The molecule has 0 aliphatic carbocycles. The number of nitrogens with two attached hydrogens (primary N) is 1. The topological polar surface area (TPSA) is 92.5 Å². The number of carbonyl (C=O) groups is 3. The second kappa shape index (κ2) is 9.53. The van der Waals surface area contributed by atoms with Crippen LogP contribution in [0.15, 0.2) is 24.3 Å². The maximum Gasteiger partial charge on any atom is 0.261 e. The van der Waals surface area contributed by atoms with Gasteiger partial charge in [-0.3, -0.25) is 19.3 Å². The summed E-state index contributed by atoms with van der Waals surface area (Å²) in [5, 5.41) is 2.81. The summed E-state index contributed by atoms with van der Waals surface area (Å²) < 4.78 is 0. The number of halogens is 1. The van der Waals surface area contributed by atoms with Crippen LogP contribution in [-0.2, 0) is 4.79 Å². The summed E-state index contributed by atoms with van der Waals surface area (Å²) in [6, 6.07) is 6.36. The van der Waals surface area contributed by atoms with E-state index < -0.39 is 6.04 Å². The van der Waals surface area contributed by atoms with E-state index in [-0.39, 0.29) is 36.0 Å². The molecule has 1 aliphatic heterocycles. The fraction of sp³-hybridized carbons (Fsp3) is 0.500. The van der Waals surface area contributed by atoms with E-state index in [0.29, 0.717) is 37.1 Å². The predicted molar refractivity (Wildman–Crippen MR) is 98.7 cm³/mol. The number of unbranched alkanes of at least 4 members (excludes halogenated alkanes) is 1. The van der Waals surface area contributed by atoms with Crippen molar-refractivity contribution in [2.24, 2.45) is 11.7 Å². The molecule has 0 fully saturated rings. The standard InChI is InChI=1S/C18H25N3O3.ClH/c1-3-12(2)15(19)16(22)20-10-6-7-11-21-17(23)13-8-4-5-9-14(13)18(21)24;/h4-5,8-9,12,15H,3,6-7,10-11,19H2,1-2H3,(H,20,22);1H. The monoisotopic (exact) mass is 367 g/mol. The van der Waals surface area contributed by atoms with Crippen LogP contribution in [0.4, 0.5) is 0 Å². The molecule has 0 saturated heterocycles. The molecule has 0 bridgehead atoms. The number of nitrogens with zero attached hydrogens (tertiary/aromatic N) is 1. The second-order valence-corrected chi connectivity index (χ2v) is 6.22. The SMILES string of the molecule is CCC(C)C(N)C(=O)NCCCCN1C(=O)c2ccccc2C1=O.Cl. The molecular formula is C18H26ClN3O3. The van der Waals surface area contributed by atoms with Gasteiger partial charge in [0.25, 0.3) is 11.8 Å². The first-order valence-electron chi connectivity index (χ1n) is 8.45. The molecule has 0 aromatic heterocycles. The molecule has 3 N–H and O–H groups in total. The smallest absolute Gasteiger partial charge is 0.261 e. The van der Waals surface area contributed by atoms with Crippen molar-refractivity contribution in [3.8, 4) is 0 Å². The summed E-state index contributed by atoms with van der Waals surface area (Å²) >= 11 is 0. The maximum absolute atomic E-state index is 12.2. The number of imide groups is 1. The molecule has 7 heteroatoms. The quantitative estimate of drug-likeness (QED) is 0.542. The Kier molecular flexibility index (Phi) is 8.06. The fourth-order valence-corrected chi connectivity index (χ4v) is 2.68. The van der Waals surface area contributed by atoms with Crippen LogP contribution in [0.2, 0.25) is 0 Å². The first-order chi connectivity index (χ1) is 11.5. The molecule has 1 aromatic carbocycles. The van der Waals surface area contributed by atoms with E-state index >= 15 is 0 Å². The first-order valence-corrected chi connectivity index (χ1v) is 8.45. The molecule has 2 unspecified atom stereocenters. The molecule has 25 heavy (non-hydrogen) atoms. The zero-order valence-corrected chi connectivity index (χ0v) is 15.5. The molecule has 1 heterocycles. The number of carbonyl (C=O) groups excluding carboxylic acids is 3. The third-order valence-corrected chi connectivity index (χ3v) is 4.55. The normalized spacial score (nSPS) is 15.4. The van der Waals surface area contributed by atoms with Gasteiger partial charge in [0.05, 0.1) is 17.2 Å². The maximum atomic E-state index is 12.2. The van der Waals surface area contributed by atoms with Crippen LogP contribution in [-0.4, -0.2) is 41.8 Å². The molecule has 0 radical (unpaired) electrons. The van der Waals surface area contributed by atoms with E-state index in [1.807, 2.05) is 13.8 Å². The van der Waals surface area contributed by atoms with Gasteiger partial charge >= 0.3 is 0 Å². The van der Waals surface area contributed by atoms with E-state index in [1.54, 1.807) is 24.3 Å². The number of nitrogens with one attached hydrogen (secondary N) is 1. The van der Waals surface area contributed by atoms with Gasteiger partial charge in [-0.2, -0.15) is 0 Å². The van der Waals surface area contributed by atoms with Gasteiger partial charge in [0.2, 0.25) is 5.91 Å². The highest BCUT2D eigenvalue weighted by Gasteiger charge is 2.34. The average Bonchev–Trinajstić information content (AvgIpc) is 2.84. The Morgan fingerprint density at radius 1 is 1.16 bits per heavy atom. The van der Waals surface area contributed by atoms with Gasteiger partial charge in [0, 0.05) is 13.1 Å². The van der Waals surface area contributed by atoms with Crippen molar-refractivity contribution in [2.75, 3.05) is 13.1 Å². The van der Waals surface area contributed by atoms with Crippen molar-refractivity contribution in [2.45, 2.75) is 39.2 Å². The summed E-state index contributed by atoms with van der Waals surface area (Å²) in [5.41, 5.74) is 6.80. The zero-order chi connectivity index (χ0) is 17.7. The highest BCUT2D eigenvalue weighted by molar-refractivity contribution is 6.21. The van der Waals surface area contributed by atoms with Crippen LogP contribution in [0.3, 0.4) is 0 Å². The number of hydrogen-bond acceptors (Lipinski definition) is 4. The lowest BCUT2D eigenvalue weighted by Crippen LogP contribution is -2.44. The number of amides is 3. The van der Waals surface area contributed by atoms with Gasteiger partial charge in [-0.15, -0.1) is 12.4 Å². The second-order valence-electron chi connectivity index (χ2n) is 6.22. The number of fused-ring (bicyclic) bond motifs is 1. The van der Waals surface area contributed by atoms with Gasteiger partial charge in [-0.25, -0.2) is 0 Å². The molecule has 2 atom stereocenters. The van der Waals surface area contributed by atoms with Crippen molar-refractivity contribution < 1.29 is 14.4 Å². The number of rotatable bonds is 8. The van der Waals surface area contributed by atoms with Gasteiger partial charge < -0.3 is 11.1 Å². The minimum atomic E-state index is -0.494. The third-order valence-electron chi connectivity index (χ3n) is 4.55. The van der Waals surface area contributed by atoms with E-state index in [0.717, 1.165) is 6.42 Å². The predicted octanol–water partition coefficient (Wildman–Crippen LogP) is 1.97. The highest BCUT2D eigenvalue weighted by Crippen LogP contribution is 2.22. The van der Waals surface area contributed by atoms with E-state index in [9.17, 15) is 14.4 Å². The van der Waals surface area contributed by atoms with Crippen LogP contribution < -0.4 is 11.1 Å². The largest absolute Gasteiger partial charge is 0.355 e. The average molecular weight is 368 g/mol. The molecule has 2 rings (SSSR count). The van der Waals surface area contributed by atoms with Crippen LogP contribution in [0.5, 0.6) is 0 Å². The summed E-state index contributed by atoms with van der Waals surface area (Å²) in [6.07, 6.45) is 2.19. The van der Waals surface area contributed by atoms with Gasteiger partial charge in [0.15, 0.2) is 0 Å². The zero-order valence-electron chi connectivity index (χ0n) is 14.7. The molecule has 3 amide bonds. The summed E-state index contributed by atoms with van der Waals surface area (Å²) in [6.45, 7) is 4.80. The van der Waals surface area contributed by atoms with Crippen LogP contribution >= 0.6 is 12.4 Å². The van der Waals surface area contributed by atoms with E-state index in [4.69, 9.17) is 5.73 Å². The molecule has 0 spiro atoms. The van der Waals surface area contributed by atoms with Crippen LogP contribution in [0.1, 0.15) is 53.8 Å². The lowest BCUT2D eigenvalue weighted by atomic mass is 9.99. The lowest BCUT2D eigenvalue weighted by molar-refractivity contribution is -0.123. The Morgan fingerprint density at radius 2 is 1.72 bits per heavy atom. The molecule has 1 aliphatic rings. The molecule has 138 valence electrons. The Balaban J connectivity index is 0.00000312. The van der Waals surface area contributed by atoms with Crippen molar-refractivity contribution in [3.63, 3.8) is 0 Å². The summed E-state index contributed by atoms with van der Waals surface area (Å²) in [7, 11) is 0. The summed E-state index contributed by atoms with van der Waals surface area (Å²) in [4.78, 5) is 37.5. The molecule has 1 aromatic rings. The van der Waals surface area contributed by atoms with Crippen molar-refractivity contribution >= 4 is 30.1 Å². The van der Waals surface area contributed by atoms with E-state index in [1.165, 1.54) is 4.90 Å². The third kappa shape index (κ3) is 4.80. The van der Waals surface area contributed by atoms with Gasteiger partial charge in [-0.05, 0) is 30.9 Å². The minimum absolute atomic E-state index is 0. The van der Waals surface area contributed by atoms with Crippen LogP contribution in [0.25, 0.3) is 0 Å². The fourth-order valence-electron chi connectivity index (χ4n) is 2.68. The van der Waals surface area contributed by atoms with Crippen molar-refractivity contribution in [1.29, 1.82) is 0 Å². The molecule has 6 nitrogen and oxygen atoms in total. The minimum Gasteiger partial charge on any atom is -0.355 e. The van der Waals surface area contributed by atoms with E-state index in [2.05, 4.69) is 5.32 Å². The number of hydrogen-bond donors (Lipinski definition) is 2. The van der Waals surface area contributed by atoms with Crippen LogP contribution in [0, 0.1) is 5.92 Å². The Hall–Kier alpha value is -1.92. The molecule has 0 saturated carbocycles. The van der Waals surface area contributed by atoms with Gasteiger partial charge in [0.1, 0.15) is 0 Å². The van der Waals surface area contributed by atoms with Gasteiger partial charge in [-0.1, -0.05) is 32.4 Å². The Labute approximate surface area is 154 Å². The highest BCUT2D eigenvalue weighted by atomic mass is 35.5. The lowest BCUT2D eigenvalue weighted by Gasteiger charge is -2.18.